The van der Waals surface area contributed by atoms with Gasteiger partial charge in [-0.15, -0.1) is 35.3 Å². The highest BCUT2D eigenvalue weighted by Crippen LogP contribution is 2.50. The third-order valence-electron chi connectivity index (χ3n) is 13.2. The molecule has 0 aromatic carbocycles. The van der Waals surface area contributed by atoms with E-state index in [4.69, 9.17) is 9.47 Å². The van der Waals surface area contributed by atoms with E-state index in [1.165, 1.54) is 75.6 Å². The van der Waals surface area contributed by atoms with Gasteiger partial charge in [0.15, 0.2) is 0 Å². The normalized spacial score (nSPS) is 39.3. The minimum absolute atomic E-state index is 0.00622. The number of rotatable bonds is 10. The number of methoxy groups -OCH3 is 1. The van der Waals surface area contributed by atoms with Gasteiger partial charge in [0.25, 0.3) is 0 Å². The van der Waals surface area contributed by atoms with Crippen molar-refractivity contribution in [1.82, 2.24) is 36.8 Å². The Morgan fingerprint density at radius 3 is 2.46 bits per heavy atom. The zero-order chi connectivity index (χ0) is 40.2. The first-order valence-electron chi connectivity index (χ1n) is 21.2. The number of carbonyl (C=O) groups excluding carboxylic acids is 4. The number of hydrogen-bond acceptors (Lipinski definition) is 16. The molecule has 6 saturated heterocycles. The summed E-state index contributed by atoms with van der Waals surface area (Å²) in [5, 5.41) is 39.3. The molecule has 0 aromatic heterocycles. The Morgan fingerprint density at radius 1 is 0.947 bits per heavy atom. The molecule has 318 valence electrons. The fraction of sp³-hybridized carbons (Fsp3) is 0.872. The van der Waals surface area contributed by atoms with Gasteiger partial charge in [-0.2, -0.15) is 5.26 Å². The maximum absolute atomic E-state index is 14.0. The Kier molecular flexibility index (Phi) is 15.0. The summed E-state index contributed by atoms with van der Waals surface area (Å²) in [5.41, 5.74) is 0. The Labute approximate surface area is 349 Å². The number of ether oxygens (including phenoxy) is 2. The molecule has 0 aromatic rings. The topological polar surface area (TPSA) is 206 Å². The van der Waals surface area contributed by atoms with E-state index in [9.17, 15) is 29.5 Å². The third kappa shape index (κ3) is 10.2. The molecule has 7 N–H and O–H groups in total. The van der Waals surface area contributed by atoms with Gasteiger partial charge in [-0.3, -0.25) is 40.6 Å². The van der Waals surface area contributed by atoms with E-state index >= 15 is 0 Å². The van der Waals surface area contributed by atoms with Gasteiger partial charge in [-0.1, -0.05) is 44.9 Å². The second-order valence-corrected chi connectivity index (χ2v) is 21.1. The predicted octanol–water partition coefficient (Wildman–Crippen LogP) is 2.11. The molecule has 7 fully saturated rings. The number of aliphatic hydroxyl groups is 1. The van der Waals surface area contributed by atoms with Crippen LogP contribution in [0.15, 0.2) is 0 Å². The summed E-state index contributed by atoms with van der Waals surface area (Å²) < 4.78 is 10.6. The number of hydrogen-bond donors (Lipinski definition) is 7. The number of nitriles is 1. The maximum Gasteiger partial charge on any atom is 0.414 e. The van der Waals surface area contributed by atoms with E-state index in [0.29, 0.717) is 42.2 Å². The van der Waals surface area contributed by atoms with Crippen molar-refractivity contribution < 1.29 is 33.8 Å². The summed E-state index contributed by atoms with van der Waals surface area (Å²) in [6.07, 6.45) is 8.57. The van der Waals surface area contributed by atoms with Crippen molar-refractivity contribution in [2.75, 3.05) is 39.0 Å². The Bertz CT molecular complexity index is 1490. The molecular formula is C39H62N8O7S3. The van der Waals surface area contributed by atoms with Gasteiger partial charge >= 0.3 is 12.1 Å². The number of nitrogens with one attached hydrogen (secondary N) is 6. The molecule has 57 heavy (non-hydrogen) atoms. The summed E-state index contributed by atoms with van der Waals surface area (Å²) in [6, 6.07) is 2.25. The van der Waals surface area contributed by atoms with E-state index < -0.39 is 58.3 Å². The number of amides is 3. The number of nitrogens with zero attached hydrogens (tertiary/aromatic N) is 2. The average Bonchev–Trinajstić information content (AvgIpc) is 3.98. The van der Waals surface area contributed by atoms with Gasteiger partial charge in [-0.25, -0.2) is 4.79 Å². The van der Waals surface area contributed by atoms with Gasteiger partial charge < -0.3 is 25.2 Å². The number of carbonyl (C=O) groups is 4. The van der Waals surface area contributed by atoms with Crippen molar-refractivity contribution in [2.24, 2.45) is 35.5 Å². The van der Waals surface area contributed by atoms with Crippen molar-refractivity contribution in [3.8, 4) is 6.07 Å². The van der Waals surface area contributed by atoms with Crippen molar-refractivity contribution in [3.63, 3.8) is 0 Å². The summed E-state index contributed by atoms with van der Waals surface area (Å²) in [4.78, 5) is 56.1. The fourth-order valence-corrected chi connectivity index (χ4v) is 15.5. The van der Waals surface area contributed by atoms with Gasteiger partial charge in [0.2, 0.25) is 11.8 Å². The molecule has 7 rings (SSSR count). The number of thioether (sulfide) groups is 3. The number of esters is 1. The number of piperidine rings is 2. The second-order valence-electron chi connectivity index (χ2n) is 17.3. The highest BCUT2D eigenvalue weighted by atomic mass is 32.2. The Balaban J connectivity index is 1.01. The zero-order valence-electron chi connectivity index (χ0n) is 33.4. The highest BCUT2D eigenvalue weighted by molar-refractivity contribution is 8.02. The lowest BCUT2D eigenvalue weighted by Crippen LogP contribution is -2.54. The zero-order valence-corrected chi connectivity index (χ0v) is 35.8. The second kappa shape index (κ2) is 19.7. The fourth-order valence-electron chi connectivity index (χ4n) is 10.3. The quantitative estimate of drug-likeness (QED) is 0.124. The molecule has 0 spiro atoms. The smallest absolute Gasteiger partial charge is 0.414 e. The van der Waals surface area contributed by atoms with Crippen LogP contribution in [0.2, 0.25) is 0 Å². The van der Waals surface area contributed by atoms with Crippen molar-refractivity contribution in [3.05, 3.63) is 0 Å². The van der Waals surface area contributed by atoms with Crippen LogP contribution in [0.5, 0.6) is 0 Å². The lowest BCUT2D eigenvalue weighted by atomic mass is 9.77. The number of alkyl carbamates (subject to hydrolysis) is 1. The Hall–Kier alpha value is -1.82. The summed E-state index contributed by atoms with van der Waals surface area (Å²) in [6.45, 7) is 6.59. The lowest BCUT2D eigenvalue weighted by Gasteiger charge is -2.39. The highest BCUT2D eigenvalue weighted by Gasteiger charge is 2.54. The molecule has 7 aliphatic rings. The summed E-state index contributed by atoms with van der Waals surface area (Å²) in [7, 11) is 1.36. The van der Waals surface area contributed by atoms with Gasteiger partial charge in [-0.05, 0) is 57.4 Å². The van der Waals surface area contributed by atoms with Crippen molar-refractivity contribution >= 4 is 59.2 Å². The minimum atomic E-state index is -1.02. The van der Waals surface area contributed by atoms with Gasteiger partial charge in [0.05, 0.1) is 60.0 Å². The molecule has 0 radical (unpaired) electrons. The number of aliphatic hydroxyl groups excluding tert-OH is 1. The molecule has 14 unspecified atom stereocenters. The van der Waals surface area contributed by atoms with Crippen LogP contribution in [0.4, 0.5) is 4.79 Å². The van der Waals surface area contributed by atoms with Crippen LogP contribution in [0, 0.1) is 46.8 Å². The van der Waals surface area contributed by atoms with Crippen LogP contribution in [0.1, 0.15) is 78.1 Å². The minimum Gasteiger partial charge on any atom is -0.469 e. The molecule has 15 nitrogen and oxygen atoms in total. The SMILES string of the molecule is COC(=O)C1C(NC(=O)C2NC3CNCC(C4CCCCCCC4)C3S2)SCC1C1CC(C(=O)NC(=O)OC(C)C)C(NC(O)C2CN3CCC(C#N)CC3N2)S1. The van der Waals surface area contributed by atoms with Crippen LogP contribution < -0.4 is 31.9 Å². The van der Waals surface area contributed by atoms with Gasteiger partial charge in [0, 0.05) is 41.9 Å². The van der Waals surface area contributed by atoms with Crippen molar-refractivity contribution in [1.29, 1.82) is 5.26 Å². The summed E-state index contributed by atoms with van der Waals surface area (Å²) in [5.74, 6) is -0.962. The number of fused-ring (bicyclic) bond motifs is 2. The van der Waals surface area contributed by atoms with E-state index in [1.807, 2.05) is 0 Å². The van der Waals surface area contributed by atoms with E-state index in [1.54, 1.807) is 25.6 Å². The third-order valence-corrected chi connectivity index (χ3v) is 17.8. The molecular weight excluding hydrogens is 789 g/mol. The first-order chi connectivity index (χ1) is 27.5. The molecule has 3 amide bonds. The average molecular weight is 851 g/mol. The van der Waals surface area contributed by atoms with Gasteiger partial charge in [0.1, 0.15) is 11.6 Å². The standard InChI is InChI=1S/C39H62N8O7S3/c1-20(2)54-39(52)46-32(48)23-14-28(56-35(23)44-33(49)27-18-47-12-11-21(15-40)13-29(47)42-27)25-19-55-36(30(25)38(51)53-3)45-34(50)37-43-26-17-41-16-24(31(26)57-37)22-9-7-5-4-6-8-10-22/h20-31,33,35-37,41-44,49H,4-14,16-19H2,1-3H3,(H,45,50)(H,46,48,52). The van der Waals surface area contributed by atoms with E-state index in [2.05, 4.69) is 42.9 Å². The molecule has 1 aliphatic carbocycles. The van der Waals surface area contributed by atoms with Crippen LogP contribution in [-0.2, 0) is 23.9 Å². The monoisotopic (exact) mass is 850 g/mol. The molecule has 0 bridgehead atoms. The van der Waals surface area contributed by atoms with E-state index in [-0.39, 0.29) is 41.2 Å². The predicted molar refractivity (Wildman–Crippen MR) is 220 cm³/mol. The molecule has 14 atom stereocenters. The molecule has 18 heteroatoms. The Morgan fingerprint density at radius 2 is 1.72 bits per heavy atom. The molecule has 6 aliphatic heterocycles. The lowest BCUT2D eigenvalue weighted by molar-refractivity contribution is -0.147. The van der Waals surface area contributed by atoms with Crippen LogP contribution >= 0.6 is 35.3 Å². The molecule has 6 heterocycles. The summed E-state index contributed by atoms with van der Waals surface area (Å²) >= 11 is 4.76. The van der Waals surface area contributed by atoms with E-state index in [0.717, 1.165) is 26.1 Å². The largest absolute Gasteiger partial charge is 0.469 e. The maximum atomic E-state index is 14.0. The molecule has 1 saturated carbocycles. The van der Waals surface area contributed by atoms with Crippen LogP contribution in [-0.4, -0.2) is 130 Å². The van der Waals surface area contributed by atoms with Crippen LogP contribution in [0.3, 0.4) is 0 Å². The van der Waals surface area contributed by atoms with Crippen molar-refractivity contribution in [2.45, 2.75) is 135 Å². The number of imide groups is 1. The van der Waals surface area contributed by atoms with Crippen LogP contribution in [0.25, 0.3) is 0 Å². The first kappa shape index (κ1) is 43.3. The first-order valence-corrected chi connectivity index (χ1v) is 24.1.